The van der Waals surface area contributed by atoms with Crippen LogP contribution in [0.25, 0.3) is 10.2 Å². The summed E-state index contributed by atoms with van der Waals surface area (Å²) in [6.45, 7) is 1.98. The number of thiazole rings is 1. The monoisotopic (exact) mass is 359 g/mol. The van der Waals surface area contributed by atoms with E-state index in [1.54, 1.807) is 23.7 Å². The summed E-state index contributed by atoms with van der Waals surface area (Å²) in [5.74, 6) is -0.172. The van der Waals surface area contributed by atoms with E-state index < -0.39 is 4.75 Å². The quantitative estimate of drug-likeness (QED) is 0.662. The van der Waals surface area contributed by atoms with Gasteiger partial charge in [-0.25, -0.2) is 4.98 Å². The molecule has 2 heterocycles. The molecule has 2 aromatic heterocycles. The first-order valence-corrected chi connectivity index (χ1v) is 9.11. The van der Waals surface area contributed by atoms with Gasteiger partial charge in [-0.1, -0.05) is 30.0 Å². The lowest BCUT2D eigenvalue weighted by atomic mass is 10.0. The van der Waals surface area contributed by atoms with Gasteiger partial charge in [0.15, 0.2) is 4.34 Å². The number of nitrogens with one attached hydrogen (secondary N) is 1. The number of rotatable bonds is 6. The fourth-order valence-electron chi connectivity index (χ4n) is 2.29. The lowest BCUT2D eigenvalue weighted by Crippen LogP contribution is -2.41. The van der Waals surface area contributed by atoms with Crippen molar-refractivity contribution in [2.75, 3.05) is 13.2 Å². The number of para-hydroxylation sites is 1. The third-order valence-electron chi connectivity index (χ3n) is 3.61. The van der Waals surface area contributed by atoms with E-state index >= 15 is 0 Å². The van der Waals surface area contributed by atoms with Crippen LogP contribution >= 0.6 is 23.1 Å². The van der Waals surface area contributed by atoms with Gasteiger partial charge < -0.3 is 10.4 Å². The Balaban J connectivity index is 1.96. The van der Waals surface area contributed by atoms with Crippen molar-refractivity contribution < 1.29 is 9.90 Å². The fraction of sp³-hybridized carbons (Fsp3) is 0.235. The van der Waals surface area contributed by atoms with E-state index in [0.717, 1.165) is 20.1 Å². The van der Waals surface area contributed by atoms with Crippen molar-refractivity contribution >= 4 is 39.2 Å². The Morgan fingerprint density at radius 2 is 2.17 bits per heavy atom. The highest BCUT2D eigenvalue weighted by molar-refractivity contribution is 8.02. The van der Waals surface area contributed by atoms with E-state index in [1.165, 1.54) is 11.8 Å². The molecule has 0 saturated heterocycles. The van der Waals surface area contributed by atoms with E-state index in [0.29, 0.717) is 0 Å². The molecule has 5 nitrogen and oxygen atoms in total. The highest BCUT2D eigenvalue weighted by Gasteiger charge is 2.37. The number of amides is 1. The van der Waals surface area contributed by atoms with Crippen LogP contribution in [0, 0.1) is 0 Å². The van der Waals surface area contributed by atoms with Crippen molar-refractivity contribution in [2.45, 2.75) is 16.0 Å². The van der Waals surface area contributed by atoms with Crippen LogP contribution in [-0.2, 0) is 9.54 Å². The summed E-state index contributed by atoms with van der Waals surface area (Å²) >= 11 is 2.96. The third-order valence-corrected chi connectivity index (χ3v) is 6.04. The van der Waals surface area contributed by atoms with Gasteiger partial charge in [0.2, 0.25) is 5.91 Å². The molecule has 0 aliphatic heterocycles. The molecule has 1 atom stereocenters. The van der Waals surface area contributed by atoms with Gasteiger partial charge in [-0.05, 0) is 30.7 Å². The van der Waals surface area contributed by atoms with E-state index in [1.807, 2.05) is 43.3 Å². The zero-order chi connectivity index (χ0) is 17.0. The second kappa shape index (κ2) is 7.29. The fourth-order valence-corrected chi connectivity index (χ4v) is 4.82. The molecule has 0 bridgehead atoms. The van der Waals surface area contributed by atoms with Crippen LogP contribution in [0.5, 0.6) is 0 Å². The van der Waals surface area contributed by atoms with Crippen molar-refractivity contribution in [2.24, 2.45) is 0 Å². The number of hydrogen-bond acceptors (Lipinski definition) is 6. The van der Waals surface area contributed by atoms with Crippen LogP contribution < -0.4 is 5.32 Å². The SMILES string of the molecule is CC(Sc1nc2ccccc2s1)(C(=O)NCCO)c1cccnc1. The Labute approximate surface area is 148 Å². The standard InChI is InChI=1S/C17H17N3O2S2/c1-17(15(22)19-9-10-21,12-5-4-8-18-11-12)24-16-20-13-6-2-3-7-14(13)23-16/h2-8,11,21H,9-10H2,1H3,(H,19,22). The van der Waals surface area contributed by atoms with Crippen LogP contribution in [0.4, 0.5) is 0 Å². The van der Waals surface area contributed by atoms with Crippen LogP contribution in [0.15, 0.2) is 53.1 Å². The van der Waals surface area contributed by atoms with Gasteiger partial charge in [-0.3, -0.25) is 9.78 Å². The van der Waals surface area contributed by atoms with Gasteiger partial charge >= 0.3 is 0 Å². The van der Waals surface area contributed by atoms with Gasteiger partial charge in [0.1, 0.15) is 4.75 Å². The first-order valence-electron chi connectivity index (χ1n) is 7.48. The smallest absolute Gasteiger partial charge is 0.241 e. The normalized spacial score (nSPS) is 13.6. The molecular weight excluding hydrogens is 342 g/mol. The zero-order valence-corrected chi connectivity index (χ0v) is 14.7. The van der Waals surface area contributed by atoms with Gasteiger partial charge in [0.05, 0.1) is 16.8 Å². The van der Waals surface area contributed by atoms with E-state index in [9.17, 15) is 4.79 Å². The lowest BCUT2D eigenvalue weighted by Gasteiger charge is -2.26. The molecule has 1 unspecified atom stereocenters. The number of carbonyl (C=O) groups excluding carboxylic acids is 1. The largest absolute Gasteiger partial charge is 0.395 e. The molecule has 0 fully saturated rings. The Hall–Kier alpha value is -1.96. The second-order valence-electron chi connectivity index (χ2n) is 5.30. The summed E-state index contributed by atoms with van der Waals surface area (Å²) < 4.78 is 1.03. The topological polar surface area (TPSA) is 75.1 Å². The van der Waals surface area contributed by atoms with Crippen LogP contribution in [0.2, 0.25) is 0 Å². The molecule has 2 N–H and O–H groups in total. The second-order valence-corrected chi connectivity index (χ2v) is 8.00. The summed E-state index contributed by atoms with van der Waals surface area (Å²) in [7, 11) is 0. The minimum Gasteiger partial charge on any atom is -0.395 e. The van der Waals surface area contributed by atoms with E-state index in [-0.39, 0.29) is 19.1 Å². The number of aromatic nitrogens is 2. The van der Waals surface area contributed by atoms with Crippen molar-refractivity contribution in [1.82, 2.24) is 15.3 Å². The molecule has 0 saturated carbocycles. The Kier molecular flexibility index (Phi) is 5.13. The molecular formula is C17H17N3O2S2. The number of aliphatic hydroxyl groups excluding tert-OH is 1. The van der Waals surface area contributed by atoms with Gasteiger partial charge in [-0.2, -0.15) is 0 Å². The lowest BCUT2D eigenvalue weighted by molar-refractivity contribution is -0.123. The molecule has 0 aliphatic carbocycles. The Morgan fingerprint density at radius 1 is 1.33 bits per heavy atom. The number of fused-ring (bicyclic) bond motifs is 1. The first kappa shape index (κ1) is 16.9. The minimum absolute atomic E-state index is 0.0966. The van der Waals surface area contributed by atoms with Crippen molar-refractivity contribution in [1.29, 1.82) is 0 Å². The number of benzene rings is 1. The number of carbonyl (C=O) groups is 1. The Morgan fingerprint density at radius 3 is 2.88 bits per heavy atom. The van der Waals surface area contributed by atoms with Gasteiger partial charge in [0, 0.05) is 18.9 Å². The highest BCUT2D eigenvalue weighted by Crippen LogP contribution is 2.43. The maximum atomic E-state index is 12.7. The first-order chi connectivity index (χ1) is 11.6. The molecule has 0 spiro atoms. The number of thioether (sulfide) groups is 1. The minimum atomic E-state index is -0.878. The Bertz CT molecular complexity index is 805. The predicted molar refractivity (Wildman–Crippen MR) is 97.2 cm³/mol. The molecule has 7 heteroatoms. The summed E-state index contributed by atoms with van der Waals surface area (Å²) in [5.41, 5.74) is 1.72. The van der Waals surface area contributed by atoms with Crippen LogP contribution in [-0.4, -0.2) is 34.1 Å². The van der Waals surface area contributed by atoms with Crippen molar-refractivity contribution in [3.05, 3.63) is 54.4 Å². The maximum Gasteiger partial charge on any atom is 0.241 e. The average molecular weight is 359 g/mol. The number of nitrogens with zero attached hydrogens (tertiary/aromatic N) is 2. The van der Waals surface area contributed by atoms with Crippen molar-refractivity contribution in [3.8, 4) is 0 Å². The number of hydrogen-bond donors (Lipinski definition) is 2. The molecule has 24 heavy (non-hydrogen) atoms. The summed E-state index contributed by atoms with van der Waals surface area (Å²) in [6.07, 6.45) is 3.37. The molecule has 124 valence electrons. The number of aliphatic hydroxyl groups is 1. The highest BCUT2D eigenvalue weighted by atomic mass is 32.2. The molecule has 1 amide bonds. The summed E-state index contributed by atoms with van der Waals surface area (Å²) in [6, 6.07) is 11.6. The van der Waals surface area contributed by atoms with Crippen LogP contribution in [0.3, 0.4) is 0 Å². The summed E-state index contributed by atoms with van der Waals surface area (Å²) in [4.78, 5) is 21.5. The van der Waals surface area contributed by atoms with Crippen molar-refractivity contribution in [3.63, 3.8) is 0 Å². The predicted octanol–water partition coefficient (Wildman–Crippen LogP) is 2.81. The molecule has 3 rings (SSSR count). The summed E-state index contributed by atoms with van der Waals surface area (Å²) in [5, 5.41) is 11.8. The van der Waals surface area contributed by atoms with Gasteiger partial charge in [-0.15, -0.1) is 11.3 Å². The molecule has 0 aliphatic rings. The maximum absolute atomic E-state index is 12.7. The molecule has 3 aromatic rings. The zero-order valence-electron chi connectivity index (χ0n) is 13.1. The molecule has 1 aromatic carbocycles. The van der Waals surface area contributed by atoms with E-state index in [2.05, 4.69) is 15.3 Å². The van der Waals surface area contributed by atoms with E-state index in [4.69, 9.17) is 5.11 Å². The third kappa shape index (κ3) is 3.43. The van der Waals surface area contributed by atoms with Crippen LogP contribution in [0.1, 0.15) is 12.5 Å². The molecule has 0 radical (unpaired) electrons. The van der Waals surface area contributed by atoms with Gasteiger partial charge in [0.25, 0.3) is 0 Å². The number of pyridine rings is 1. The average Bonchev–Trinajstić information content (AvgIpc) is 3.02.